The van der Waals surface area contributed by atoms with Gasteiger partial charge >= 0.3 is 0 Å². The molecule has 0 saturated heterocycles. The van der Waals surface area contributed by atoms with Gasteiger partial charge in [-0.3, -0.25) is 0 Å². The molecule has 0 aliphatic rings. The van der Waals surface area contributed by atoms with Gasteiger partial charge in [-0.25, -0.2) is 17.8 Å². The fraction of sp³-hybridized carbons (Fsp3) is 0.133. The molecule has 0 aliphatic carbocycles. The molecule has 3 aromatic rings. The number of hydrogen-bond donors (Lipinski definition) is 1. The van der Waals surface area contributed by atoms with Crippen LogP contribution in [0.25, 0.3) is 5.69 Å². The van der Waals surface area contributed by atoms with Crippen LogP contribution in [-0.2, 0) is 16.4 Å². The molecule has 0 spiro atoms. The first-order valence-corrected chi connectivity index (χ1v) is 9.13. The third kappa shape index (κ3) is 3.44. The molecule has 22 heavy (non-hydrogen) atoms. The van der Waals surface area contributed by atoms with Crippen LogP contribution >= 0.6 is 11.3 Å². The molecular formula is C15H15N3O2S2. The lowest BCUT2D eigenvalue weighted by atomic mass is 10.1. The molecule has 0 unspecified atom stereocenters. The predicted molar refractivity (Wildman–Crippen MR) is 86.8 cm³/mol. The summed E-state index contributed by atoms with van der Waals surface area (Å²) in [5.41, 5.74) is 2.05. The lowest BCUT2D eigenvalue weighted by molar-refractivity contribution is 0.584. The first-order chi connectivity index (χ1) is 10.6. The van der Waals surface area contributed by atoms with Crippen molar-refractivity contribution in [1.82, 2.24) is 14.5 Å². The minimum atomic E-state index is -3.38. The van der Waals surface area contributed by atoms with Gasteiger partial charge in [-0.05, 0) is 41.6 Å². The van der Waals surface area contributed by atoms with Crippen molar-refractivity contribution in [2.24, 2.45) is 0 Å². The number of hydrogen-bond acceptors (Lipinski definition) is 4. The van der Waals surface area contributed by atoms with Crippen molar-refractivity contribution >= 4 is 21.4 Å². The number of rotatable bonds is 6. The average Bonchev–Trinajstić information content (AvgIpc) is 3.22. The number of sulfonamides is 1. The molecule has 0 atom stereocenters. The zero-order valence-electron chi connectivity index (χ0n) is 11.7. The topological polar surface area (TPSA) is 64.0 Å². The summed E-state index contributed by atoms with van der Waals surface area (Å²) in [4.78, 5) is 0. The number of thiophene rings is 1. The van der Waals surface area contributed by atoms with E-state index in [4.69, 9.17) is 0 Å². The molecule has 1 N–H and O–H groups in total. The fourth-order valence-corrected chi connectivity index (χ4v) is 4.12. The quantitative estimate of drug-likeness (QED) is 0.753. The van der Waals surface area contributed by atoms with Crippen LogP contribution in [0.5, 0.6) is 0 Å². The summed E-state index contributed by atoms with van der Waals surface area (Å²) in [5.74, 6) is 0. The normalized spacial score (nSPS) is 11.6. The van der Waals surface area contributed by atoms with E-state index in [-0.39, 0.29) is 0 Å². The Balaban J connectivity index is 1.58. The van der Waals surface area contributed by atoms with Crippen molar-refractivity contribution in [3.63, 3.8) is 0 Å². The van der Waals surface area contributed by atoms with Crippen LogP contribution in [0.2, 0.25) is 0 Å². The average molecular weight is 333 g/mol. The van der Waals surface area contributed by atoms with Gasteiger partial charge in [-0.15, -0.1) is 11.3 Å². The molecule has 7 heteroatoms. The van der Waals surface area contributed by atoms with E-state index < -0.39 is 10.0 Å². The maximum Gasteiger partial charge on any atom is 0.250 e. The van der Waals surface area contributed by atoms with Crippen molar-refractivity contribution in [3.8, 4) is 5.69 Å². The monoisotopic (exact) mass is 333 g/mol. The number of aromatic nitrogens is 2. The van der Waals surface area contributed by atoms with Gasteiger partial charge in [0.15, 0.2) is 0 Å². The molecule has 5 nitrogen and oxygen atoms in total. The van der Waals surface area contributed by atoms with Gasteiger partial charge in [0.2, 0.25) is 10.0 Å². The van der Waals surface area contributed by atoms with E-state index in [9.17, 15) is 8.42 Å². The van der Waals surface area contributed by atoms with Gasteiger partial charge in [-0.2, -0.15) is 5.10 Å². The fourth-order valence-electron chi connectivity index (χ4n) is 2.05. The standard InChI is InChI=1S/C15H15N3O2S2/c19-22(20,15-3-1-12-21-15)17-10-8-13-4-6-14(7-5-13)18-11-2-9-16-18/h1-7,9,11-12,17H,8,10H2. The third-order valence-electron chi connectivity index (χ3n) is 3.17. The van der Waals surface area contributed by atoms with Crippen LogP contribution in [0.1, 0.15) is 5.56 Å². The molecule has 0 radical (unpaired) electrons. The third-order valence-corrected chi connectivity index (χ3v) is 6.03. The Bertz CT molecular complexity index is 808. The van der Waals surface area contributed by atoms with E-state index in [1.165, 1.54) is 11.3 Å². The van der Waals surface area contributed by atoms with Gasteiger partial charge in [0.25, 0.3) is 0 Å². The predicted octanol–water partition coefficient (Wildman–Crippen LogP) is 2.45. The second-order valence-electron chi connectivity index (χ2n) is 4.70. The van der Waals surface area contributed by atoms with Gasteiger partial charge < -0.3 is 0 Å². The van der Waals surface area contributed by atoms with E-state index in [0.29, 0.717) is 17.2 Å². The van der Waals surface area contributed by atoms with E-state index in [1.54, 1.807) is 28.4 Å². The largest absolute Gasteiger partial charge is 0.250 e. The Kier molecular flexibility index (Phi) is 4.37. The van der Waals surface area contributed by atoms with Gasteiger partial charge in [-0.1, -0.05) is 18.2 Å². The molecule has 1 aromatic carbocycles. The Morgan fingerprint density at radius 1 is 1.14 bits per heavy atom. The molecule has 0 amide bonds. The van der Waals surface area contributed by atoms with Crippen molar-refractivity contribution < 1.29 is 8.42 Å². The zero-order valence-corrected chi connectivity index (χ0v) is 13.3. The van der Waals surface area contributed by atoms with Crippen molar-refractivity contribution in [1.29, 1.82) is 0 Å². The number of nitrogens with zero attached hydrogens (tertiary/aromatic N) is 2. The maximum absolute atomic E-state index is 12.0. The second-order valence-corrected chi connectivity index (χ2v) is 7.64. The Morgan fingerprint density at radius 3 is 2.59 bits per heavy atom. The van der Waals surface area contributed by atoms with Crippen LogP contribution in [0, 0.1) is 0 Å². The molecule has 2 heterocycles. The molecule has 0 fully saturated rings. The molecular weight excluding hydrogens is 318 g/mol. The highest BCUT2D eigenvalue weighted by Crippen LogP contribution is 2.15. The Hall–Kier alpha value is -1.96. The maximum atomic E-state index is 12.0. The van der Waals surface area contributed by atoms with Gasteiger partial charge in [0.05, 0.1) is 5.69 Å². The van der Waals surface area contributed by atoms with Crippen molar-refractivity contribution in [2.75, 3.05) is 6.54 Å². The summed E-state index contributed by atoms with van der Waals surface area (Å²) in [7, 11) is -3.38. The zero-order chi connectivity index (χ0) is 15.4. The summed E-state index contributed by atoms with van der Waals surface area (Å²) < 4.78 is 28.7. The van der Waals surface area contributed by atoms with Gasteiger partial charge in [0.1, 0.15) is 4.21 Å². The minimum absolute atomic E-state index is 0.349. The van der Waals surface area contributed by atoms with E-state index in [2.05, 4.69) is 9.82 Å². The lowest BCUT2D eigenvalue weighted by Crippen LogP contribution is -2.25. The highest BCUT2D eigenvalue weighted by molar-refractivity contribution is 7.91. The summed E-state index contributed by atoms with van der Waals surface area (Å²) in [6.07, 6.45) is 4.25. The van der Waals surface area contributed by atoms with Crippen LogP contribution in [0.4, 0.5) is 0 Å². The van der Waals surface area contributed by atoms with Crippen LogP contribution in [0.3, 0.4) is 0 Å². The van der Waals surface area contributed by atoms with E-state index in [1.807, 2.05) is 36.5 Å². The lowest BCUT2D eigenvalue weighted by Gasteiger charge is -2.06. The molecule has 0 bridgehead atoms. The number of nitrogens with one attached hydrogen (secondary N) is 1. The summed E-state index contributed by atoms with van der Waals surface area (Å²) in [5, 5.41) is 5.92. The number of benzene rings is 1. The van der Waals surface area contributed by atoms with Crippen LogP contribution in [0.15, 0.2) is 64.4 Å². The SMILES string of the molecule is O=S(=O)(NCCc1ccc(-n2cccn2)cc1)c1cccs1. The highest BCUT2D eigenvalue weighted by atomic mass is 32.2. The smallest absolute Gasteiger partial charge is 0.241 e. The second kappa shape index (κ2) is 6.43. The summed E-state index contributed by atoms with van der Waals surface area (Å²) in [6.45, 7) is 0.376. The van der Waals surface area contributed by atoms with Crippen molar-refractivity contribution in [2.45, 2.75) is 10.6 Å². The molecule has 114 valence electrons. The summed E-state index contributed by atoms with van der Waals surface area (Å²) >= 11 is 1.22. The van der Waals surface area contributed by atoms with Crippen molar-refractivity contribution in [3.05, 3.63) is 65.8 Å². The van der Waals surface area contributed by atoms with E-state index in [0.717, 1.165) is 11.3 Å². The highest BCUT2D eigenvalue weighted by Gasteiger charge is 2.13. The minimum Gasteiger partial charge on any atom is -0.241 e. The summed E-state index contributed by atoms with van der Waals surface area (Å²) in [6, 6.07) is 13.1. The Labute approximate surface area is 133 Å². The first-order valence-electron chi connectivity index (χ1n) is 6.77. The van der Waals surface area contributed by atoms with E-state index >= 15 is 0 Å². The Morgan fingerprint density at radius 2 is 1.95 bits per heavy atom. The first kappa shape index (κ1) is 15.0. The molecule has 3 rings (SSSR count). The molecule has 0 saturated carbocycles. The van der Waals surface area contributed by atoms with Crippen LogP contribution in [-0.4, -0.2) is 24.7 Å². The molecule has 0 aliphatic heterocycles. The van der Waals surface area contributed by atoms with Gasteiger partial charge in [0, 0.05) is 18.9 Å². The van der Waals surface area contributed by atoms with Crippen LogP contribution < -0.4 is 4.72 Å². The molecule has 2 aromatic heterocycles.